The van der Waals surface area contributed by atoms with Crippen LogP contribution < -0.4 is 11.0 Å². The van der Waals surface area contributed by atoms with Crippen molar-refractivity contribution in [2.45, 2.75) is 0 Å². The Morgan fingerprint density at radius 3 is 1.44 bits per heavy atom. The summed E-state index contributed by atoms with van der Waals surface area (Å²) in [6.07, 6.45) is 10.8. The lowest BCUT2D eigenvalue weighted by Crippen LogP contribution is -2.13. The van der Waals surface area contributed by atoms with Crippen LogP contribution in [0.3, 0.4) is 0 Å². The summed E-state index contributed by atoms with van der Waals surface area (Å²) in [6, 6.07) is 8.10. The van der Waals surface area contributed by atoms with E-state index in [-0.39, 0.29) is 0 Å². The predicted octanol–water partition coefficient (Wildman–Crippen LogP) is 2.47. The maximum atomic E-state index is 5.03. The first-order valence-corrected chi connectivity index (χ1v) is 5.61. The van der Waals surface area contributed by atoms with Crippen molar-refractivity contribution in [2.75, 3.05) is 0 Å². The molecule has 0 aliphatic carbocycles. The SMILES string of the molecule is C1=CONC(c2ccc(C3=CC=CON3)cc2)=C1. The molecule has 0 unspecified atom stereocenters. The summed E-state index contributed by atoms with van der Waals surface area (Å²) < 4.78 is 0. The van der Waals surface area contributed by atoms with E-state index in [0.717, 1.165) is 22.5 Å². The minimum absolute atomic E-state index is 0.936. The smallest absolute Gasteiger partial charge is 0.119 e. The zero-order valence-electron chi connectivity index (χ0n) is 9.59. The number of hydrogen-bond acceptors (Lipinski definition) is 4. The van der Waals surface area contributed by atoms with Gasteiger partial charge in [-0.05, 0) is 24.3 Å². The molecule has 1 aromatic carbocycles. The van der Waals surface area contributed by atoms with Crippen LogP contribution in [0.2, 0.25) is 0 Å². The van der Waals surface area contributed by atoms with Crippen LogP contribution in [-0.2, 0) is 9.68 Å². The second-order valence-electron chi connectivity index (χ2n) is 3.83. The van der Waals surface area contributed by atoms with Gasteiger partial charge in [-0.25, -0.2) is 11.0 Å². The highest BCUT2D eigenvalue weighted by molar-refractivity contribution is 5.70. The molecule has 0 aromatic heterocycles. The van der Waals surface area contributed by atoms with Crippen molar-refractivity contribution in [3.8, 4) is 0 Å². The van der Waals surface area contributed by atoms with Crippen molar-refractivity contribution < 1.29 is 9.68 Å². The molecule has 0 spiro atoms. The van der Waals surface area contributed by atoms with E-state index in [1.54, 1.807) is 12.5 Å². The van der Waals surface area contributed by atoms with Crippen LogP contribution in [0, 0.1) is 0 Å². The molecular formula is C14H12N2O2. The van der Waals surface area contributed by atoms with Gasteiger partial charge in [-0.2, -0.15) is 0 Å². The van der Waals surface area contributed by atoms with Gasteiger partial charge in [0.1, 0.15) is 12.5 Å². The summed E-state index contributed by atoms with van der Waals surface area (Å²) in [4.78, 5) is 10.1. The van der Waals surface area contributed by atoms with Crippen molar-refractivity contribution in [1.82, 2.24) is 11.0 Å². The Kier molecular flexibility index (Phi) is 2.75. The number of rotatable bonds is 2. The number of benzene rings is 1. The predicted molar refractivity (Wildman–Crippen MR) is 69.1 cm³/mol. The van der Waals surface area contributed by atoms with Gasteiger partial charge >= 0.3 is 0 Å². The first kappa shape index (κ1) is 10.5. The maximum absolute atomic E-state index is 5.03. The second kappa shape index (κ2) is 4.71. The van der Waals surface area contributed by atoms with Crippen LogP contribution in [0.1, 0.15) is 11.1 Å². The summed E-state index contributed by atoms with van der Waals surface area (Å²) in [5, 5.41) is 0. The van der Waals surface area contributed by atoms with Crippen LogP contribution in [-0.4, -0.2) is 0 Å². The van der Waals surface area contributed by atoms with Crippen LogP contribution >= 0.6 is 0 Å². The summed E-state index contributed by atoms with van der Waals surface area (Å²) >= 11 is 0. The van der Waals surface area contributed by atoms with Gasteiger partial charge in [0, 0.05) is 11.1 Å². The third kappa shape index (κ3) is 2.08. The summed E-state index contributed by atoms with van der Waals surface area (Å²) in [5.41, 5.74) is 9.69. The lowest BCUT2D eigenvalue weighted by Gasteiger charge is -2.14. The molecule has 4 heteroatoms. The highest BCUT2D eigenvalue weighted by Gasteiger charge is 2.06. The molecule has 0 radical (unpaired) electrons. The standard InChI is InChI=1S/C14H12N2O2/c1-3-13(15-17-9-1)11-5-7-12(8-6-11)14-4-2-10-18-16-14/h1-10,15-16H. The van der Waals surface area contributed by atoms with Gasteiger partial charge in [-0.1, -0.05) is 24.3 Å². The van der Waals surface area contributed by atoms with Crippen molar-refractivity contribution in [2.24, 2.45) is 0 Å². The van der Waals surface area contributed by atoms with Gasteiger partial charge in [0.2, 0.25) is 0 Å². The molecule has 0 saturated heterocycles. The van der Waals surface area contributed by atoms with E-state index in [2.05, 4.69) is 11.0 Å². The average Bonchev–Trinajstić information content (AvgIpc) is 2.49. The Bertz CT molecular complexity index is 503. The maximum Gasteiger partial charge on any atom is 0.119 e. The molecule has 4 nitrogen and oxygen atoms in total. The first-order valence-electron chi connectivity index (χ1n) is 5.61. The van der Waals surface area contributed by atoms with Gasteiger partial charge in [0.15, 0.2) is 0 Å². The molecule has 0 saturated carbocycles. The lowest BCUT2D eigenvalue weighted by atomic mass is 10.1. The molecule has 90 valence electrons. The van der Waals surface area contributed by atoms with Gasteiger partial charge < -0.3 is 9.68 Å². The minimum atomic E-state index is 0.936. The number of hydroxylamine groups is 2. The Morgan fingerprint density at radius 2 is 1.11 bits per heavy atom. The third-order valence-corrected chi connectivity index (χ3v) is 2.66. The van der Waals surface area contributed by atoms with Crippen molar-refractivity contribution >= 4 is 11.4 Å². The molecule has 0 bridgehead atoms. The molecule has 2 aliphatic heterocycles. The monoisotopic (exact) mass is 240 g/mol. The van der Waals surface area contributed by atoms with E-state index in [4.69, 9.17) is 9.68 Å². The summed E-state index contributed by atoms with van der Waals surface area (Å²) in [7, 11) is 0. The van der Waals surface area contributed by atoms with E-state index >= 15 is 0 Å². The topological polar surface area (TPSA) is 42.5 Å². The summed E-state index contributed by atoms with van der Waals surface area (Å²) in [6.45, 7) is 0. The quantitative estimate of drug-likeness (QED) is 0.833. The van der Waals surface area contributed by atoms with Gasteiger partial charge in [0.25, 0.3) is 0 Å². The van der Waals surface area contributed by atoms with E-state index < -0.39 is 0 Å². The fourth-order valence-corrected chi connectivity index (χ4v) is 1.75. The van der Waals surface area contributed by atoms with E-state index in [1.807, 2.05) is 48.6 Å². The number of nitrogens with one attached hydrogen (secondary N) is 2. The number of hydrogen-bond donors (Lipinski definition) is 2. The molecule has 0 fully saturated rings. The van der Waals surface area contributed by atoms with E-state index in [9.17, 15) is 0 Å². The highest BCUT2D eigenvalue weighted by Crippen LogP contribution is 2.19. The molecule has 0 amide bonds. The van der Waals surface area contributed by atoms with Crippen molar-refractivity contribution in [3.63, 3.8) is 0 Å². The van der Waals surface area contributed by atoms with Gasteiger partial charge in [-0.3, -0.25) is 0 Å². The van der Waals surface area contributed by atoms with Gasteiger partial charge in [0.05, 0.1) is 11.4 Å². The highest BCUT2D eigenvalue weighted by atomic mass is 16.6. The normalized spacial score (nSPS) is 16.7. The van der Waals surface area contributed by atoms with Crippen molar-refractivity contribution in [3.05, 3.63) is 72.2 Å². The van der Waals surface area contributed by atoms with Crippen LogP contribution in [0.15, 0.2) is 61.1 Å². The van der Waals surface area contributed by atoms with Crippen LogP contribution in [0.5, 0.6) is 0 Å². The molecule has 18 heavy (non-hydrogen) atoms. The molecule has 2 aliphatic rings. The fourth-order valence-electron chi connectivity index (χ4n) is 1.75. The van der Waals surface area contributed by atoms with Crippen LogP contribution in [0.4, 0.5) is 0 Å². The third-order valence-electron chi connectivity index (χ3n) is 2.66. The summed E-state index contributed by atoms with van der Waals surface area (Å²) in [5.74, 6) is 0. The average molecular weight is 240 g/mol. The van der Waals surface area contributed by atoms with Gasteiger partial charge in [-0.15, -0.1) is 0 Å². The zero-order valence-corrected chi connectivity index (χ0v) is 9.59. The molecule has 0 atom stereocenters. The Balaban J connectivity index is 1.84. The fraction of sp³-hybridized carbons (Fsp3) is 0. The van der Waals surface area contributed by atoms with Crippen molar-refractivity contribution in [1.29, 1.82) is 0 Å². The van der Waals surface area contributed by atoms with E-state index in [1.165, 1.54) is 0 Å². The largest absolute Gasteiger partial charge is 0.390 e. The first-order chi connectivity index (χ1) is 8.93. The zero-order chi connectivity index (χ0) is 12.2. The molecule has 1 aromatic rings. The molecular weight excluding hydrogens is 228 g/mol. The van der Waals surface area contributed by atoms with Crippen LogP contribution in [0.25, 0.3) is 11.4 Å². The minimum Gasteiger partial charge on any atom is -0.390 e. The molecule has 2 heterocycles. The number of allylic oxidation sites excluding steroid dienone is 4. The molecule has 2 N–H and O–H groups in total. The Hall–Kier alpha value is -2.62. The lowest BCUT2D eigenvalue weighted by molar-refractivity contribution is 0.181. The van der Waals surface area contributed by atoms with E-state index in [0.29, 0.717) is 0 Å². The Labute approximate surface area is 105 Å². The Morgan fingerprint density at radius 1 is 0.667 bits per heavy atom. The molecule has 3 rings (SSSR count). The second-order valence-corrected chi connectivity index (χ2v) is 3.83.